The number of hydrogen-bond acceptors (Lipinski definition) is 5. The maximum atomic E-state index is 5.32. The van der Waals surface area contributed by atoms with Crippen molar-refractivity contribution in [1.29, 1.82) is 0 Å². The number of rotatable bonds is 5. The van der Waals surface area contributed by atoms with Gasteiger partial charge in [0.25, 0.3) is 0 Å². The summed E-state index contributed by atoms with van der Waals surface area (Å²) in [6.45, 7) is 1.67. The summed E-state index contributed by atoms with van der Waals surface area (Å²) in [4.78, 5) is 4.31. The summed E-state index contributed by atoms with van der Waals surface area (Å²) >= 11 is 0. The molecule has 0 fully saturated rings. The normalized spacial score (nSPS) is 10.9. The molecule has 0 saturated carbocycles. The SMILES string of the molecule is c1cn(CCCNc2nccc3occc23)nn1. The van der Waals surface area contributed by atoms with Crippen LogP contribution in [0.15, 0.2) is 41.4 Å². The van der Waals surface area contributed by atoms with Gasteiger partial charge in [-0.05, 0) is 18.6 Å². The van der Waals surface area contributed by atoms with Crippen LogP contribution < -0.4 is 5.32 Å². The van der Waals surface area contributed by atoms with Gasteiger partial charge < -0.3 is 9.73 Å². The molecule has 0 bridgehead atoms. The molecule has 18 heavy (non-hydrogen) atoms. The van der Waals surface area contributed by atoms with Gasteiger partial charge in [0.1, 0.15) is 11.4 Å². The molecule has 0 aliphatic heterocycles. The lowest BCUT2D eigenvalue weighted by Crippen LogP contribution is -2.08. The highest BCUT2D eigenvalue weighted by molar-refractivity contribution is 5.87. The number of pyridine rings is 1. The Labute approximate surface area is 104 Å². The fourth-order valence-electron chi connectivity index (χ4n) is 1.84. The fourth-order valence-corrected chi connectivity index (χ4v) is 1.84. The number of aryl methyl sites for hydroxylation is 1. The molecule has 6 nitrogen and oxygen atoms in total. The van der Waals surface area contributed by atoms with Crippen molar-refractivity contribution < 1.29 is 4.42 Å². The zero-order valence-corrected chi connectivity index (χ0v) is 9.78. The molecule has 0 saturated heterocycles. The standard InChI is InChI=1S/C12H13N5O/c1(7-17-8-6-15-16-17)4-13-12-10-3-9-18-11(10)2-5-14-12/h2-3,5-6,8-9H,1,4,7H2,(H,13,14). The van der Waals surface area contributed by atoms with E-state index >= 15 is 0 Å². The van der Waals surface area contributed by atoms with E-state index in [1.165, 1.54) is 0 Å². The molecule has 3 aromatic rings. The molecule has 0 aliphatic carbocycles. The molecule has 0 spiro atoms. The lowest BCUT2D eigenvalue weighted by molar-refractivity contribution is 0.569. The Morgan fingerprint density at radius 1 is 1.28 bits per heavy atom. The van der Waals surface area contributed by atoms with E-state index in [4.69, 9.17) is 4.42 Å². The van der Waals surface area contributed by atoms with Crippen LogP contribution in [-0.2, 0) is 6.54 Å². The quantitative estimate of drug-likeness (QED) is 0.693. The van der Waals surface area contributed by atoms with Crippen molar-refractivity contribution in [1.82, 2.24) is 20.0 Å². The molecule has 0 unspecified atom stereocenters. The van der Waals surface area contributed by atoms with Crippen molar-refractivity contribution in [3.63, 3.8) is 0 Å². The Kier molecular flexibility index (Phi) is 2.91. The first kappa shape index (κ1) is 10.8. The summed E-state index contributed by atoms with van der Waals surface area (Å²) in [7, 11) is 0. The van der Waals surface area contributed by atoms with Crippen molar-refractivity contribution >= 4 is 16.8 Å². The van der Waals surface area contributed by atoms with Crippen molar-refractivity contribution in [3.8, 4) is 0 Å². The third kappa shape index (κ3) is 2.17. The second kappa shape index (κ2) is 4.87. The molecule has 3 aromatic heterocycles. The van der Waals surface area contributed by atoms with E-state index in [9.17, 15) is 0 Å². The van der Waals surface area contributed by atoms with E-state index in [2.05, 4.69) is 20.6 Å². The van der Waals surface area contributed by atoms with Gasteiger partial charge in [-0.3, -0.25) is 4.68 Å². The second-order valence-electron chi connectivity index (χ2n) is 3.94. The maximum absolute atomic E-state index is 5.32. The van der Waals surface area contributed by atoms with Gasteiger partial charge in [0.05, 0.1) is 17.8 Å². The highest BCUT2D eigenvalue weighted by Gasteiger charge is 2.03. The molecule has 6 heteroatoms. The number of anilines is 1. The molecule has 3 rings (SSSR count). The smallest absolute Gasteiger partial charge is 0.139 e. The third-order valence-electron chi connectivity index (χ3n) is 2.71. The van der Waals surface area contributed by atoms with Gasteiger partial charge in [-0.15, -0.1) is 5.10 Å². The van der Waals surface area contributed by atoms with Crippen LogP contribution in [0, 0.1) is 0 Å². The van der Waals surface area contributed by atoms with Crippen LogP contribution >= 0.6 is 0 Å². The molecular weight excluding hydrogens is 230 g/mol. The zero-order chi connectivity index (χ0) is 12.2. The first-order valence-corrected chi connectivity index (χ1v) is 5.84. The average Bonchev–Trinajstić information content (AvgIpc) is 3.05. The Morgan fingerprint density at radius 3 is 3.17 bits per heavy atom. The highest BCUT2D eigenvalue weighted by Crippen LogP contribution is 2.21. The lowest BCUT2D eigenvalue weighted by Gasteiger charge is -2.05. The number of furan rings is 1. The third-order valence-corrected chi connectivity index (χ3v) is 2.71. The van der Waals surface area contributed by atoms with Crippen LogP contribution in [-0.4, -0.2) is 26.5 Å². The summed E-state index contributed by atoms with van der Waals surface area (Å²) in [5.41, 5.74) is 0.851. The van der Waals surface area contributed by atoms with Crippen LogP contribution in [0.1, 0.15) is 6.42 Å². The Bertz CT molecular complexity index is 616. The van der Waals surface area contributed by atoms with E-state index in [0.29, 0.717) is 0 Å². The average molecular weight is 243 g/mol. The number of hydrogen-bond donors (Lipinski definition) is 1. The monoisotopic (exact) mass is 243 g/mol. The summed E-state index contributed by atoms with van der Waals surface area (Å²) in [5.74, 6) is 0.861. The van der Waals surface area contributed by atoms with E-state index < -0.39 is 0 Å². The number of aromatic nitrogens is 4. The Morgan fingerprint density at radius 2 is 2.28 bits per heavy atom. The summed E-state index contributed by atoms with van der Waals surface area (Å²) < 4.78 is 7.13. The van der Waals surface area contributed by atoms with E-state index in [-0.39, 0.29) is 0 Å². The highest BCUT2D eigenvalue weighted by atomic mass is 16.3. The predicted molar refractivity (Wildman–Crippen MR) is 67.1 cm³/mol. The van der Waals surface area contributed by atoms with Gasteiger partial charge in [-0.1, -0.05) is 5.21 Å². The lowest BCUT2D eigenvalue weighted by atomic mass is 10.3. The maximum Gasteiger partial charge on any atom is 0.139 e. The molecule has 0 radical (unpaired) electrons. The number of nitrogens with zero attached hydrogens (tertiary/aromatic N) is 4. The largest absolute Gasteiger partial charge is 0.464 e. The Balaban J connectivity index is 1.58. The molecule has 92 valence electrons. The minimum atomic E-state index is 0.831. The minimum Gasteiger partial charge on any atom is -0.464 e. The van der Waals surface area contributed by atoms with Gasteiger partial charge >= 0.3 is 0 Å². The van der Waals surface area contributed by atoms with Crippen LogP contribution in [0.2, 0.25) is 0 Å². The van der Waals surface area contributed by atoms with Crippen LogP contribution in [0.3, 0.4) is 0 Å². The molecule has 0 amide bonds. The first-order valence-electron chi connectivity index (χ1n) is 5.84. The predicted octanol–water partition coefficient (Wildman–Crippen LogP) is 1.92. The van der Waals surface area contributed by atoms with E-state index in [1.54, 1.807) is 18.7 Å². The van der Waals surface area contributed by atoms with E-state index in [1.807, 2.05) is 23.0 Å². The van der Waals surface area contributed by atoms with Gasteiger partial charge in [0.15, 0.2) is 0 Å². The van der Waals surface area contributed by atoms with Crippen molar-refractivity contribution in [2.75, 3.05) is 11.9 Å². The first-order chi connectivity index (χ1) is 8.93. The van der Waals surface area contributed by atoms with Gasteiger partial charge in [0.2, 0.25) is 0 Å². The van der Waals surface area contributed by atoms with Crippen molar-refractivity contribution in [3.05, 3.63) is 37.0 Å². The topological polar surface area (TPSA) is 68.8 Å². The van der Waals surface area contributed by atoms with Crippen LogP contribution in [0.4, 0.5) is 5.82 Å². The minimum absolute atomic E-state index is 0.831. The van der Waals surface area contributed by atoms with Gasteiger partial charge in [0, 0.05) is 25.5 Å². The zero-order valence-electron chi connectivity index (χ0n) is 9.78. The van der Waals surface area contributed by atoms with Gasteiger partial charge in [-0.2, -0.15) is 0 Å². The molecule has 0 aromatic carbocycles. The van der Waals surface area contributed by atoms with Gasteiger partial charge in [-0.25, -0.2) is 4.98 Å². The number of fused-ring (bicyclic) bond motifs is 1. The van der Waals surface area contributed by atoms with Crippen molar-refractivity contribution in [2.24, 2.45) is 0 Å². The summed E-state index contributed by atoms with van der Waals surface area (Å²) in [6, 6.07) is 3.78. The van der Waals surface area contributed by atoms with Crippen molar-refractivity contribution in [2.45, 2.75) is 13.0 Å². The fraction of sp³-hybridized carbons (Fsp3) is 0.250. The Hall–Kier alpha value is -2.37. The number of nitrogens with one attached hydrogen (secondary N) is 1. The molecule has 0 atom stereocenters. The van der Waals surface area contributed by atoms with Crippen LogP contribution in [0.25, 0.3) is 11.0 Å². The molecular formula is C12H13N5O. The second-order valence-corrected chi connectivity index (χ2v) is 3.94. The summed E-state index contributed by atoms with van der Waals surface area (Å²) in [6.07, 6.45) is 7.91. The molecule has 1 N–H and O–H groups in total. The van der Waals surface area contributed by atoms with Crippen LogP contribution in [0.5, 0.6) is 0 Å². The summed E-state index contributed by atoms with van der Waals surface area (Å²) in [5, 5.41) is 12.0. The molecule has 0 aliphatic rings. The molecule has 3 heterocycles. The van der Waals surface area contributed by atoms with E-state index in [0.717, 1.165) is 36.3 Å².